The molecule has 3 fully saturated rings. The first-order valence-electron chi connectivity index (χ1n) is 4.96. The van der Waals surface area contributed by atoms with Gasteiger partial charge in [-0.3, -0.25) is 4.90 Å². The fourth-order valence-corrected chi connectivity index (χ4v) is 1.93. The van der Waals surface area contributed by atoms with E-state index in [1.54, 1.807) is 0 Å². The van der Waals surface area contributed by atoms with Crippen molar-refractivity contribution in [1.29, 1.82) is 0 Å². The van der Waals surface area contributed by atoms with Gasteiger partial charge in [-0.05, 0) is 25.2 Å². The molecule has 1 amide bonds. The topological polar surface area (TPSA) is 72.8 Å². The molecule has 1 atom stereocenters. The molecule has 0 aromatic heterocycles. The maximum atomic E-state index is 9.33. The molecule has 3 aliphatic heterocycles. The Morgan fingerprint density at radius 3 is 2.07 bits per heavy atom. The van der Waals surface area contributed by atoms with E-state index in [0.717, 1.165) is 25.4 Å². The predicted molar refractivity (Wildman–Crippen MR) is 52.0 cm³/mol. The number of fused-ring (bicyclic) bond motifs is 3. The number of aliphatic hydroxyl groups excluding tert-OH is 1. The zero-order chi connectivity index (χ0) is 10.6. The van der Waals surface area contributed by atoms with Crippen LogP contribution >= 0.6 is 0 Å². The van der Waals surface area contributed by atoms with E-state index in [0.29, 0.717) is 0 Å². The number of rotatable bonds is 0. The standard InChI is InChI=1S/C7H13NO.C2H5NO2/c9-7-5-6-1-3-8(7)4-2-6;1-3-2(4)5/h6-7,9H,1-5H2;3H,1H3,(H,4,5). The maximum absolute atomic E-state index is 9.33. The van der Waals surface area contributed by atoms with E-state index < -0.39 is 6.09 Å². The van der Waals surface area contributed by atoms with Gasteiger partial charge in [0.2, 0.25) is 0 Å². The monoisotopic (exact) mass is 202 g/mol. The SMILES string of the molecule is CNC(=O)O.OC1CC2CCN1CC2. The second-order valence-corrected chi connectivity index (χ2v) is 3.75. The molecule has 5 nitrogen and oxygen atoms in total. The van der Waals surface area contributed by atoms with Gasteiger partial charge in [0.1, 0.15) is 6.23 Å². The van der Waals surface area contributed by atoms with E-state index in [4.69, 9.17) is 5.11 Å². The number of nitrogens with one attached hydrogen (secondary N) is 1. The summed E-state index contributed by atoms with van der Waals surface area (Å²) in [7, 11) is 1.35. The molecule has 82 valence electrons. The molecule has 3 rings (SSSR count). The van der Waals surface area contributed by atoms with Crippen molar-refractivity contribution >= 4 is 6.09 Å². The Bertz CT molecular complexity index is 190. The van der Waals surface area contributed by atoms with Gasteiger partial charge in [-0.25, -0.2) is 4.79 Å². The van der Waals surface area contributed by atoms with Gasteiger partial charge in [-0.2, -0.15) is 0 Å². The largest absolute Gasteiger partial charge is 0.465 e. The van der Waals surface area contributed by atoms with Crippen LogP contribution in [0.15, 0.2) is 0 Å². The summed E-state index contributed by atoms with van der Waals surface area (Å²) in [6.45, 7) is 2.26. The third-order valence-corrected chi connectivity index (χ3v) is 2.83. The summed E-state index contributed by atoms with van der Waals surface area (Å²) in [5.41, 5.74) is 0. The Hall–Kier alpha value is -0.810. The Morgan fingerprint density at radius 2 is 1.93 bits per heavy atom. The second kappa shape index (κ2) is 5.17. The molecule has 0 spiro atoms. The third kappa shape index (κ3) is 3.16. The minimum absolute atomic E-state index is 0.0995. The summed E-state index contributed by atoms with van der Waals surface area (Å²) in [6, 6.07) is 0. The minimum Gasteiger partial charge on any atom is -0.465 e. The third-order valence-electron chi connectivity index (χ3n) is 2.83. The molecule has 0 aromatic rings. The van der Waals surface area contributed by atoms with Gasteiger partial charge in [0.25, 0.3) is 0 Å². The zero-order valence-electron chi connectivity index (χ0n) is 8.44. The summed E-state index contributed by atoms with van der Waals surface area (Å²) < 4.78 is 0. The van der Waals surface area contributed by atoms with Crippen molar-refractivity contribution in [3.63, 3.8) is 0 Å². The zero-order valence-corrected chi connectivity index (χ0v) is 8.44. The van der Waals surface area contributed by atoms with Crippen LogP contribution in [0, 0.1) is 5.92 Å². The van der Waals surface area contributed by atoms with Crippen molar-refractivity contribution in [3.05, 3.63) is 0 Å². The number of hydrogen-bond acceptors (Lipinski definition) is 3. The molecule has 3 saturated heterocycles. The molecule has 0 saturated carbocycles. The van der Waals surface area contributed by atoms with E-state index in [2.05, 4.69) is 4.90 Å². The summed E-state index contributed by atoms with van der Waals surface area (Å²) in [6.07, 6.45) is 2.57. The van der Waals surface area contributed by atoms with Crippen molar-refractivity contribution in [1.82, 2.24) is 10.2 Å². The van der Waals surface area contributed by atoms with Gasteiger partial charge in [-0.15, -0.1) is 0 Å². The average Bonchev–Trinajstić information content (AvgIpc) is 2.20. The summed E-state index contributed by atoms with van der Waals surface area (Å²) >= 11 is 0. The van der Waals surface area contributed by atoms with E-state index in [-0.39, 0.29) is 6.23 Å². The van der Waals surface area contributed by atoms with Crippen molar-refractivity contribution in [2.45, 2.75) is 25.5 Å². The summed E-state index contributed by atoms with van der Waals surface area (Å²) in [5.74, 6) is 0.838. The number of piperidine rings is 3. The number of carboxylic acid groups (broad SMARTS) is 1. The molecule has 5 heteroatoms. The lowest BCUT2D eigenvalue weighted by molar-refractivity contribution is -0.0768. The fourth-order valence-electron chi connectivity index (χ4n) is 1.93. The van der Waals surface area contributed by atoms with Gasteiger partial charge in [0, 0.05) is 20.1 Å². The first-order valence-corrected chi connectivity index (χ1v) is 4.96. The highest BCUT2D eigenvalue weighted by Crippen LogP contribution is 2.30. The van der Waals surface area contributed by atoms with Crippen molar-refractivity contribution in [2.24, 2.45) is 5.92 Å². The molecule has 1 unspecified atom stereocenters. The van der Waals surface area contributed by atoms with Crippen molar-refractivity contribution in [2.75, 3.05) is 20.1 Å². The highest BCUT2D eigenvalue weighted by atomic mass is 16.4. The summed E-state index contributed by atoms with van der Waals surface area (Å²) in [4.78, 5) is 11.4. The Kier molecular flexibility index (Phi) is 4.16. The first kappa shape index (κ1) is 11.3. The molecular formula is C9H18N2O3. The molecule has 0 radical (unpaired) electrons. The normalized spacial score (nSPS) is 34.3. The highest BCUT2D eigenvalue weighted by Gasteiger charge is 2.31. The molecule has 0 aliphatic carbocycles. The summed E-state index contributed by atoms with van der Waals surface area (Å²) in [5, 5.41) is 18.9. The lowest BCUT2D eigenvalue weighted by Crippen LogP contribution is -2.48. The number of aliphatic hydroxyl groups is 1. The minimum atomic E-state index is -0.995. The van der Waals surface area contributed by atoms with Gasteiger partial charge in [0.15, 0.2) is 0 Å². The maximum Gasteiger partial charge on any atom is 0.404 e. The van der Waals surface area contributed by atoms with E-state index in [1.165, 1.54) is 19.9 Å². The van der Waals surface area contributed by atoms with Crippen LogP contribution in [0.3, 0.4) is 0 Å². The van der Waals surface area contributed by atoms with Crippen LogP contribution in [0.4, 0.5) is 4.79 Å². The van der Waals surface area contributed by atoms with Crippen LogP contribution in [0.1, 0.15) is 19.3 Å². The Labute approximate surface area is 83.7 Å². The van der Waals surface area contributed by atoms with Crippen molar-refractivity contribution in [3.8, 4) is 0 Å². The lowest BCUT2D eigenvalue weighted by Gasteiger charge is -2.42. The van der Waals surface area contributed by atoms with Crippen LogP contribution in [0.25, 0.3) is 0 Å². The fraction of sp³-hybridized carbons (Fsp3) is 0.889. The number of hydrogen-bond donors (Lipinski definition) is 3. The predicted octanol–water partition coefficient (Wildman–Crippen LogP) is 0.304. The van der Waals surface area contributed by atoms with Crippen LogP contribution in [-0.2, 0) is 0 Å². The molecule has 2 bridgehead atoms. The average molecular weight is 202 g/mol. The lowest BCUT2D eigenvalue weighted by atomic mass is 9.87. The van der Waals surface area contributed by atoms with Crippen LogP contribution in [0.5, 0.6) is 0 Å². The molecule has 0 aromatic carbocycles. The molecule has 3 N–H and O–H groups in total. The van der Waals surface area contributed by atoms with Crippen LogP contribution < -0.4 is 5.32 Å². The van der Waals surface area contributed by atoms with Gasteiger partial charge in [0.05, 0.1) is 0 Å². The Morgan fingerprint density at radius 1 is 1.43 bits per heavy atom. The number of nitrogens with zero attached hydrogens (tertiary/aromatic N) is 1. The van der Waals surface area contributed by atoms with E-state index >= 15 is 0 Å². The quantitative estimate of drug-likeness (QED) is 0.528. The van der Waals surface area contributed by atoms with Gasteiger partial charge < -0.3 is 15.5 Å². The van der Waals surface area contributed by atoms with Crippen molar-refractivity contribution < 1.29 is 15.0 Å². The smallest absolute Gasteiger partial charge is 0.404 e. The van der Waals surface area contributed by atoms with Crippen LogP contribution in [-0.4, -0.2) is 47.6 Å². The highest BCUT2D eigenvalue weighted by molar-refractivity contribution is 5.63. The molecular weight excluding hydrogens is 184 g/mol. The van der Waals surface area contributed by atoms with Crippen LogP contribution in [0.2, 0.25) is 0 Å². The number of carbonyl (C=O) groups is 1. The van der Waals surface area contributed by atoms with E-state index in [1.807, 2.05) is 5.32 Å². The Balaban J connectivity index is 0.000000171. The molecule has 3 aliphatic rings. The number of amides is 1. The first-order chi connectivity index (χ1) is 6.63. The molecule has 14 heavy (non-hydrogen) atoms. The molecule has 3 heterocycles. The van der Waals surface area contributed by atoms with Gasteiger partial charge >= 0.3 is 6.09 Å². The van der Waals surface area contributed by atoms with E-state index in [9.17, 15) is 9.90 Å². The van der Waals surface area contributed by atoms with Gasteiger partial charge in [-0.1, -0.05) is 0 Å². The second-order valence-electron chi connectivity index (χ2n) is 3.75.